The summed E-state index contributed by atoms with van der Waals surface area (Å²) in [4.78, 5) is 25.1. The summed E-state index contributed by atoms with van der Waals surface area (Å²) < 4.78 is 5.75. The van der Waals surface area contributed by atoms with Gasteiger partial charge in [-0.1, -0.05) is 20.8 Å². The molecule has 0 radical (unpaired) electrons. The van der Waals surface area contributed by atoms with E-state index in [0.717, 1.165) is 32.4 Å². The van der Waals surface area contributed by atoms with Gasteiger partial charge in [-0.25, -0.2) is 4.79 Å². The summed E-state index contributed by atoms with van der Waals surface area (Å²) in [6, 6.07) is 0.448. The number of hydrogen-bond acceptors (Lipinski definition) is 4. The number of fused-ring (bicyclic) bond motifs is 1. The topological polar surface area (TPSA) is 90.9 Å². The molecule has 0 bridgehead atoms. The van der Waals surface area contributed by atoms with Gasteiger partial charge in [-0.15, -0.1) is 0 Å². The fourth-order valence-electron chi connectivity index (χ4n) is 4.66. The number of amides is 2. The van der Waals surface area contributed by atoms with Crippen molar-refractivity contribution in [3.05, 3.63) is 0 Å². The number of aliphatic carboxylic acids is 1. The Morgan fingerprint density at radius 3 is 2.62 bits per heavy atom. The predicted molar refractivity (Wildman–Crippen MR) is 88.8 cm³/mol. The Morgan fingerprint density at radius 1 is 1.29 bits per heavy atom. The molecule has 0 aromatic carbocycles. The third-order valence-corrected chi connectivity index (χ3v) is 6.10. The zero-order valence-corrected chi connectivity index (χ0v) is 14.7. The number of nitrogens with one attached hydrogen (secondary N) is 2. The van der Waals surface area contributed by atoms with Gasteiger partial charge in [0.25, 0.3) is 0 Å². The number of carboxylic acids is 1. The van der Waals surface area contributed by atoms with Crippen molar-refractivity contribution in [3.63, 3.8) is 0 Å². The van der Waals surface area contributed by atoms with E-state index in [4.69, 9.17) is 9.84 Å². The van der Waals surface area contributed by atoms with Crippen LogP contribution in [-0.4, -0.2) is 65.9 Å². The zero-order valence-electron chi connectivity index (χ0n) is 14.7. The van der Waals surface area contributed by atoms with Crippen LogP contribution in [0.1, 0.15) is 40.0 Å². The number of nitrogens with zero attached hydrogens (tertiary/aromatic N) is 1. The first-order valence-electron chi connectivity index (χ1n) is 8.97. The Balaban J connectivity index is 1.42. The molecule has 0 aromatic heterocycles. The Bertz CT molecular complexity index is 504. The van der Waals surface area contributed by atoms with Crippen LogP contribution >= 0.6 is 0 Å². The van der Waals surface area contributed by atoms with Crippen LogP contribution in [0.2, 0.25) is 0 Å². The minimum absolute atomic E-state index is 0.0127. The van der Waals surface area contributed by atoms with Crippen LogP contribution in [0.4, 0.5) is 4.79 Å². The number of ether oxygens (including phenoxy) is 1. The van der Waals surface area contributed by atoms with Gasteiger partial charge in [0, 0.05) is 36.1 Å². The molecule has 3 atom stereocenters. The molecule has 0 aromatic rings. The molecule has 2 aliphatic carbocycles. The summed E-state index contributed by atoms with van der Waals surface area (Å²) >= 11 is 0. The van der Waals surface area contributed by atoms with Crippen LogP contribution in [0.3, 0.4) is 0 Å². The maximum Gasteiger partial charge on any atom is 0.317 e. The van der Waals surface area contributed by atoms with Gasteiger partial charge in [0.1, 0.15) is 0 Å². The molecule has 3 N–H and O–H groups in total. The van der Waals surface area contributed by atoms with Gasteiger partial charge in [-0.05, 0) is 25.8 Å². The molecular weight excluding hydrogens is 310 g/mol. The third-order valence-electron chi connectivity index (χ3n) is 6.10. The van der Waals surface area contributed by atoms with E-state index in [1.165, 1.54) is 0 Å². The second kappa shape index (κ2) is 6.52. The van der Waals surface area contributed by atoms with E-state index < -0.39 is 5.97 Å². The van der Waals surface area contributed by atoms with E-state index in [2.05, 4.69) is 24.5 Å². The van der Waals surface area contributed by atoms with Gasteiger partial charge in [0.15, 0.2) is 0 Å². The zero-order chi connectivity index (χ0) is 17.5. The van der Waals surface area contributed by atoms with Crippen molar-refractivity contribution in [2.75, 3.05) is 19.7 Å². The third kappa shape index (κ3) is 3.11. The summed E-state index contributed by atoms with van der Waals surface area (Å²) in [5.41, 5.74) is -0.0127. The quantitative estimate of drug-likeness (QED) is 0.672. The van der Waals surface area contributed by atoms with E-state index in [1.807, 2.05) is 11.8 Å². The summed E-state index contributed by atoms with van der Waals surface area (Å²) in [6.45, 7) is 7.84. The number of carbonyl (C=O) groups is 2. The Kier molecular flexibility index (Phi) is 4.75. The highest BCUT2D eigenvalue weighted by molar-refractivity contribution is 5.75. The average molecular weight is 339 g/mol. The molecule has 7 heteroatoms. The molecule has 0 spiro atoms. The summed E-state index contributed by atoms with van der Waals surface area (Å²) in [5, 5.41) is 15.1. The first-order valence-corrected chi connectivity index (χ1v) is 8.97. The lowest BCUT2D eigenvalue weighted by Gasteiger charge is -2.54. The van der Waals surface area contributed by atoms with Gasteiger partial charge < -0.3 is 20.5 Å². The highest BCUT2D eigenvalue weighted by Crippen LogP contribution is 2.52. The standard InChI is InChI=1S/C17H29N3O4/c1-4-20(9-13(21)22)11-7-10(8-11)18-16(23)19-14-12-5-6-24-15(12)17(14,2)3/h10-12,14-15H,4-9H2,1-3H3,(H,21,22)(H2,18,19,23). The fraction of sp³-hybridized carbons (Fsp3) is 0.882. The molecule has 1 saturated heterocycles. The van der Waals surface area contributed by atoms with Crippen LogP contribution in [0.15, 0.2) is 0 Å². The molecule has 2 amide bonds. The maximum absolute atomic E-state index is 12.3. The van der Waals surface area contributed by atoms with Crippen LogP contribution in [-0.2, 0) is 9.53 Å². The Labute approximate surface area is 143 Å². The summed E-state index contributed by atoms with van der Waals surface area (Å²) in [7, 11) is 0. The van der Waals surface area contributed by atoms with Crippen molar-refractivity contribution in [2.24, 2.45) is 11.3 Å². The van der Waals surface area contributed by atoms with E-state index in [9.17, 15) is 9.59 Å². The summed E-state index contributed by atoms with van der Waals surface area (Å²) in [6.07, 6.45) is 2.92. The number of rotatable bonds is 6. The Morgan fingerprint density at radius 2 is 2.00 bits per heavy atom. The van der Waals surface area contributed by atoms with Gasteiger partial charge in [0.2, 0.25) is 0 Å². The van der Waals surface area contributed by atoms with Crippen molar-refractivity contribution in [1.29, 1.82) is 0 Å². The van der Waals surface area contributed by atoms with Crippen molar-refractivity contribution in [1.82, 2.24) is 15.5 Å². The monoisotopic (exact) mass is 339 g/mol. The second-order valence-electron chi connectivity index (χ2n) is 7.94. The molecule has 2 saturated carbocycles. The average Bonchev–Trinajstić information content (AvgIpc) is 2.93. The lowest BCUT2D eigenvalue weighted by atomic mass is 9.57. The smallest absolute Gasteiger partial charge is 0.317 e. The van der Waals surface area contributed by atoms with E-state index in [-0.39, 0.29) is 42.2 Å². The molecule has 136 valence electrons. The lowest BCUT2D eigenvalue weighted by molar-refractivity contribution is -0.139. The lowest BCUT2D eigenvalue weighted by Crippen LogP contribution is -2.68. The van der Waals surface area contributed by atoms with Crippen LogP contribution in [0.25, 0.3) is 0 Å². The minimum Gasteiger partial charge on any atom is -0.480 e. The minimum atomic E-state index is -0.799. The van der Waals surface area contributed by atoms with E-state index in [1.54, 1.807) is 0 Å². The highest BCUT2D eigenvalue weighted by Gasteiger charge is 2.59. The normalized spacial score (nSPS) is 36.4. The first kappa shape index (κ1) is 17.5. The molecule has 24 heavy (non-hydrogen) atoms. The molecule has 3 rings (SSSR count). The van der Waals surface area contributed by atoms with Crippen molar-refractivity contribution in [2.45, 2.75) is 64.3 Å². The maximum atomic E-state index is 12.3. The molecule has 3 fully saturated rings. The van der Waals surface area contributed by atoms with Gasteiger partial charge in [-0.2, -0.15) is 0 Å². The highest BCUT2D eigenvalue weighted by atomic mass is 16.5. The summed E-state index contributed by atoms with van der Waals surface area (Å²) in [5.74, 6) is -0.363. The fourth-order valence-corrected chi connectivity index (χ4v) is 4.66. The SMILES string of the molecule is CCN(CC(=O)O)C1CC(NC(=O)NC2C3CCOC3C2(C)C)C1. The van der Waals surface area contributed by atoms with Crippen LogP contribution in [0.5, 0.6) is 0 Å². The van der Waals surface area contributed by atoms with E-state index >= 15 is 0 Å². The number of carbonyl (C=O) groups excluding carboxylic acids is 1. The van der Waals surface area contributed by atoms with Gasteiger partial charge in [0.05, 0.1) is 12.6 Å². The largest absolute Gasteiger partial charge is 0.480 e. The van der Waals surface area contributed by atoms with Crippen LogP contribution < -0.4 is 10.6 Å². The molecule has 1 aliphatic heterocycles. The molecular formula is C17H29N3O4. The molecule has 3 unspecified atom stereocenters. The molecule has 7 nitrogen and oxygen atoms in total. The van der Waals surface area contributed by atoms with Crippen molar-refractivity contribution >= 4 is 12.0 Å². The van der Waals surface area contributed by atoms with E-state index in [0.29, 0.717) is 5.92 Å². The second-order valence-corrected chi connectivity index (χ2v) is 7.94. The van der Waals surface area contributed by atoms with Crippen LogP contribution in [0, 0.1) is 11.3 Å². The van der Waals surface area contributed by atoms with Gasteiger partial charge >= 0.3 is 12.0 Å². The number of hydrogen-bond donors (Lipinski definition) is 3. The van der Waals surface area contributed by atoms with Crippen molar-refractivity contribution in [3.8, 4) is 0 Å². The molecule has 3 aliphatic rings. The molecule has 1 heterocycles. The number of carboxylic acid groups (broad SMARTS) is 1. The predicted octanol–water partition coefficient (Wildman–Crippen LogP) is 1.04. The first-order chi connectivity index (χ1) is 11.3. The Hall–Kier alpha value is -1.34. The number of likely N-dealkylation sites (N-methyl/N-ethyl adjacent to an activating group) is 1. The number of urea groups is 1. The van der Waals surface area contributed by atoms with Crippen molar-refractivity contribution < 1.29 is 19.4 Å². The van der Waals surface area contributed by atoms with Gasteiger partial charge in [-0.3, -0.25) is 9.69 Å².